The summed E-state index contributed by atoms with van der Waals surface area (Å²) in [6.45, 7) is 2.43. The molecule has 2 aliphatic carbocycles. The maximum absolute atomic E-state index is 9.08. The van der Waals surface area contributed by atoms with Crippen LogP contribution in [0.4, 0.5) is 0 Å². The summed E-state index contributed by atoms with van der Waals surface area (Å²) in [4.78, 5) is 2.54. The molecule has 3 nitrogen and oxygen atoms in total. The summed E-state index contributed by atoms with van der Waals surface area (Å²) in [6, 6.07) is 0.501. The summed E-state index contributed by atoms with van der Waals surface area (Å²) >= 11 is 0. The highest BCUT2D eigenvalue weighted by atomic mass is 16.4. The first-order valence-corrected chi connectivity index (χ1v) is 5.86. The second kappa shape index (κ2) is 3.23. The molecule has 2 saturated carbocycles. The van der Waals surface area contributed by atoms with E-state index in [2.05, 4.69) is 10.1 Å². The molecular weight excluding hydrogens is 176 g/mol. The number of nitrogens with zero attached hydrogens (tertiary/aromatic N) is 2. The van der Waals surface area contributed by atoms with Gasteiger partial charge in [0.05, 0.1) is 11.8 Å². The molecule has 3 atom stereocenters. The molecule has 1 aliphatic heterocycles. The van der Waals surface area contributed by atoms with Crippen LogP contribution >= 0.6 is 0 Å². The Hall–Kier alpha value is -0.570. The molecule has 3 fully saturated rings. The van der Waals surface area contributed by atoms with Gasteiger partial charge < -0.3 is 5.21 Å². The van der Waals surface area contributed by atoms with Crippen LogP contribution in [0.1, 0.15) is 32.1 Å². The molecule has 1 N–H and O–H groups in total. The molecule has 0 aromatic rings. The van der Waals surface area contributed by atoms with Gasteiger partial charge in [-0.2, -0.15) is 0 Å². The first-order chi connectivity index (χ1) is 6.90. The Kier molecular flexibility index (Phi) is 2.01. The predicted octanol–water partition coefficient (Wildman–Crippen LogP) is 1.71. The van der Waals surface area contributed by atoms with E-state index in [0.29, 0.717) is 12.0 Å². The summed E-state index contributed by atoms with van der Waals surface area (Å²) in [5.41, 5.74) is 1.10. The van der Waals surface area contributed by atoms with Gasteiger partial charge in [-0.25, -0.2) is 0 Å². The summed E-state index contributed by atoms with van der Waals surface area (Å²) in [6.07, 6.45) is 6.54. The van der Waals surface area contributed by atoms with E-state index in [9.17, 15) is 0 Å². The molecule has 0 aromatic carbocycles. The minimum atomic E-state index is 0.501. The lowest BCUT2D eigenvalue weighted by molar-refractivity contribution is 0.230. The maximum Gasteiger partial charge on any atom is 0.0775 e. The summed E-state index contributed by atoms with van der Waals surface area (Å²) < 4.78 is 0. The number of oxime groups is 1. The molecule has 0 radical (unpaired) electrons. The number of hydrogen-bond donors (Lipinski definition) is 1. The molecule has 1 heterocycles. The van der Waals surface area contributed by atoms with Crippen molar-refractivity contribution in [2.75, 3.05) is 13.1 Å². The van der Waals surface area contributed by atoms with Gasteiger partial charge in [0.25, 0.3) is 0 Å². The topological polar surface area (TPSA) is 35.8 Å². The van der Waals surface area contributed by atoms with Gasteiger partial charge in [0.15, 0.2) is 0 Å². The van der Waals surface area contributed by atoms with Crippen LogP contribution < -0.4 is 0 Å². The van der Waals surface area contributed by atoms with Crippen LogP contribution in [-0.2, 0) is 0 Å². The quantitative estimate of drug-likeness (QED) is 0.509. The van der Waals surface area contributed by atoms with E-state index in [-0.39, 0.29) is 0 Å². The number of likely N-dealkylation sites (tertiary alicyclic amines) is 1. The first kappa shape index (κ1) is 8.72. The number of rotatable bonds is 1. The van der Waals surface area contributed by atoms with Crippen LogP contribution in [0.2, 0.25) is 0 Å². The van der Waals surface area contributed by atoms with Gasteiger partial charge in [-0.05, 0) is 51.1 Å². The van der Waals surface area contributed by atoms with Crippen molar-refractivity contribution in [1.29, 1.82) is 0 Å². The van der Waals surface area contributed by atoms with Crippen LogP contribution in [0.25, 0.3) is 0 Å². The molecule has 3 unspecified atom stereocenters. The van der Waals surface area contributed by atoms with E-state index in [1.165, 1.54) is 45.2 Å². The summed E-state index contributed by atoms with van der Waals surface area (Å²) in [5, 5.41) is 12.7. The fourth-order valence-corrected chi connectivity index (χ4v) is 3.70. The molecule has 3 aliphatic rings. The Morgan fingerprint density at radius 1 is 1.21 bits per heavy atom. The van der Waals surface area contributed by atoms with Crippen molar-refractivity contribution >= 4 is 5.71 Å². The van der Waals surface area contributed by atoms with Crippen molar-refractivity contribution in [2.24, 2.45) is 17.0 Å². The smallest absolute Gasteiger partial charge is 0.0775 e. The largest absolute Gasteiger partial charge is 0.411 e. The van der Waals surface area contributed by atoms with Gasteiger partial charge >= 0.3 is 0 Å². The monoisotopic (exact) mass is 194 g/mol. The molecule has 14 heavy (non-hydrogen) atoms. The van der Waals surface area contributed by atoms with Crippen molar-refractivity contribution in [3.8, 4) is 0 Å². The minimum absolute atomic E-state index is 0.501. The lowest BCUT2D eigenvalue weighted by Gasteiger charge is -2.31. The Bertz CT molecular complexity index is 258. The molecule has 0 amide bonds. The van der Waals surface area contributed by atoms with Crippen LogP contribution in [0.3, 0.4) is 0 Å². The standard InChI is InChI=1S/C11H18N2O/c14-12-10-8-3-4-9(7-8)11(10)13-5-1-2-6-13/h8-9,11,14H,1-7H2/b12-10+. The molecule has 2 bridgehead atoms. The first-order valence-electron chi connectivity index (χ1n) is 5.86. The van der Waals surface area contributed by atoms with Crippen molar-refractivity contribution in [1.82, 2.24) is 4.90 Å². The van der Waals surface area contributed by atoms with E-state index in [1.54, 1.807) is 0 Å². The van der Waals surface area contributed by atoms with Crippen molar-refractivity contribution < 1.29 is 5.21 Å². The molecule has 3 rings (SSSR count). The molecule has 0 spiro atoms. The zero-order valence-electron chi connectivity index (χ0n) is 8.52. The van der Waals surface area contributed by atoms with Crippen LogP contribution in [0, 0.1) is 11.8 Å². The fourth-order valence-electron chi connectivity index (χ4n) is 3.70. The van der Waals surface area contributed by atoms with Crippen LogP contribution in [0.5, 0.6) is 0 Å². The average molecular weight is 194 g/mol. The highest BCUT2D eigenvalue weighted by Crippen LogP contribution is 2.45. The highest BCUT2D eigenvalue weighted by molar-refractivity contribution is 5.94. The van der Waals surface area contributed by atoms with Crippen molar-refractivity contribution in [3.05, 3.63) is 0 Å². The number of fused-ring (bicyclic) bond motifs is 2. The van der Waals surface area contributed by atoms with Crippen LogP contribution in [-0.4, -0.2) is 35.0 Å². The second-order valence-electron chi connectivity index (χ2n) is 4.98. The van der Waals surface area contributed by atoms with Gasteiger partial charge in [0.1, 0.15) is 0 Å². The maximum atomic E-state index is 9.08. The van der Waals surface area contributed by atoms with E-state index in [4.69, 9.17) is 5.21 Å². The predicted molar refractivity (Wildman–Crippen MR) is 54.6 cm³/mol. The third-order valence-electron chi connectivity index (χ3n) is 4.29. The van der Waals surface area contributed by atoms with Gasteiger partial charge in [-0.1, -0.05) is 5.16 Å². The summed E-state index contributed by atoms with van der Waals surface area (Å²) in [7, 11) is 0. The molecular formula is C11H18N2O. The minimum Gasteiger partial charge on any atom is -0.411 e. The molecule has 1 saturated heterocycles. The summed E-state index contributed by atoms with van der Waals surface area (Å²) in [5.74, 6) is 1.40. The van der Waals surface area contributed by atoms with Gasteiger partial charge in [-0.3, -0.25) is 4.90 Å². The van der Waals surface area contributed by atoms with E-state index in [1.807, 2.05) is 0 Å². The zero-order valence-corrected chi connectivity index (χ0v) is 8.52. The third kappa shape index (κ3) is 1.11. The Morgan fingerprint density at radius 3 is 2.71 bits per heavy atom. The van der Waals surface area contributed by atoms with Gasteiger partial charge in [0, 0.05) is 5.92 Å². The van der Waals surface area contributed by atoms with Crippen molar-refractivity contribution in [3.63, 3.8) is 0 Å². The average Bonchev–Trinajstić information content (AvgIpc) is 2.92. The lowest BCUT2D eigenvalue weighted by Crippen LogP contribution is -2.43. The van der Waals surface area contributed by atoms with Crippen LogP contribution in [0.15, 0.2) is 5.16 Å². The van der Waals surface area contributed by atoms with Crippen molar-refractivity contribution in [2.45, 2.75) is 38.1 Å². The SMILES string of the molecule is O/N=C1\C2CCC(C2)C1N1CCCC1. The fraction of sp³-hybridized carbons (Fsp3) is 0.909. The molecule has 0 aromatic heterocycles. The van der Waals surface area contributed by atoms with E-state index >= 15 is 0 Å². The normalized spacial score (nSPS) is 45.4. The Balaban J connectivity index is 1.83. The highest BCUT2D eigenvalue weighted by Gasteiger charge is 2.48. The second-order valence-corrected chi connectivity index (χ2v) is 4.98. The van der Waals surface area contributed by atoms with Gasteiger partial charge in [-0.15, -0.1) is 0 Å². The molecule has 78 valence electrons. The van der Waals surface area contributed by atoms with E-state index < -0.39 is 0 Å². The number of hydrogen-bond acceptors (Lipinski definition) is 3. The Labute approximate surface area is 84.8 Å². The molecule has 3 heteroatoms. The lowest BCUT2D eigenvalue weighted by atomic mass is 9.92. The zero-order chi connectivity index (χ0) is 9.54. The third-order valence-corrected chi connectivity index (χ3v) is 4.29. The van der Waals surface area contributed by atoms with Gasteiger partial charge in [0.2, 0.25) is 0 Å². The van der Waals surface area contributed by atoms with E-state index in [0.717, 1.165) is 11.6 Å². The Morgan fingerprint density at radius 2 is 2.00 bits per heavy atom.